The predicted molar refractivity (Wildman–Crippen MR) is 122 cm³/mol. The highest BCUT2D eigenvalue weighted by Crippen LogP contribution is 2.17. The Balaban J connectivity index is 1.87. The summed E-state index contributed by atoms with van der Waals surface area (Å²) in [6.45, 7) is 6.33. The topological polar surface area (TPSA) is 93.1 Å². The van der Waals surface area contributed by atoms with Crippen LogP contribution in [0.4, 0.5) is 5.69 Å². The van der Waals surface area contributed by atoms with Gasteiger partial charge in [0.25, 0.3) is 5.56 Å². The number of anilines is 1. The van der Waals surface area contributed by atoms with E-state index in [1.807, 2.05) is 45.0 Å². The van der Waals surface area contributed by atoms with Crippen molar-refractivity contribution in [2.75, 3.05) is 11.9 Å². The first kappa shape index (κ1) is 22.2. The van der Waals surface area contributed by atoms with E-state index >= 15 is 0 Å². The van der Waals surface area contributed by atoms with Gasteiger partial charge in [-0.3, -0.25) is 19.0 Å². The number of carbonyl (C=O) groups excluding carboxylic acids is 2. The molecular formula is C24H28N4O3. The number of benzene rings is 2. The third-order valence-electron chi connectivity index (χ3n) is 5.05. The molecule has 0 saturated heterocycles. The minimum atomic E-state index is -0.349. The summed E-state index contributed by atoms with van der Waals surface area (Å²) in [5.41, 5.74) is 3.85. The Morgan fingerprint density at radius 3 is 2.61 bits per heavy atom. The molecule has 0 aliphatic heterocycles. The van der Waals surface area contributed by atoms with Crippen molar-refractivity contribution >= 4 is 28.5 Å². The second kappa shape index (κ2) is 10.0. The lowest BCUT2D eigenvalue weighted by Crippen LogP contribution is -2.32. The van der Waals surface area contributed by atoms with Crippen molar-refractivity contribution in [3.05, 3.63) is 69.6 Å². The number of aryl methyl sites for hydroxylation is 3. The minimum Gasteiger partial charge on any atom is -0.356 e. The van der Waals surface area contributed by atoms with Crippen LogP contribution in [0.25, 0.3) is 11.0 Å². The van der Waals surface area contributed by atoms with Crippen molar-refractivity contribution in [3.8, 4) is 0 Å². The van der Waals surface area contributed by atoms with Crippen molar-refractivity contribution in [3.63, 3.8) is 0 Å². The Hall–Kier alpha value is -3.48. The first-order valence-corrected chi connectivity index (χ1v) is 10.5. The van der Waals surface area contributed by atoms with E-state index < -0.39 is 0 Å². The zero-order valence-electron chi connectivity index (χ0n) is 18.2. The molecule has 3 rings (SSSR count). The maximum absolute atomic E-state index is 13.1. The van der Waals surface area contributed by atoms with E-state index in [0.717, 1.165) is 23.2 Å². The van der Waals surface area contributed by atoms with E-state index in [4.69, 9.17) is 0 Å². The van der Waals surface area contributed by atoms with Gasteiger partial charge in [-0.1, -0.05) is 31.2 Å². The number of hydrogen-bond donors (Lipinski definition) is 2. The van der Waals surface area contributed by atoms with Gasteiger partial charge < -0.3 is 10.6 Å². The van der Waals surface area contributed by atoms with Gasteiger partial charge in [0.1, 0.15) is 12.2 Å². The fourth-order valence-electron chi connectivity index (χ4n) is 3.35. The quantitative estimate of drug-likeness (QED) is 0.586. The molecule has 7 nitrogen and oxygen atoms in total. The molecule has 0 spiro atoms. The van der Waals surface area contributed by atoms with Gasteiger partial charge in [-0.15, -0.1) is 0 Å². The summed E-state index contributed by atoms with van der Waals surface area (Å²) in [7, 11) is 0. The monoisotopic (exact) mass is 420 g/mol. The summed E-state index contributed by atoms with van der Waals surface area (Å²) in [6, 6.07) is 13.0. The lowest BCUT2D eigenvalue weighted by molar-refractivity contribution is -0.121. The molecule has 0 fully saturated rings. The van der Waals surface area contributed by atoms with Gasteiger partial charge >= 0.3 is 0 Å². The summed E-state index contributed by atoms with van der Waals surface area (Å²) < 4.78 is 1.43. The molecule has 2 N–H and O–H groups in total. The van der Waals surface area contributed by atoms with Crippen LogP contribution in [-0.2, 0) is 22.6 Å². The molecule has 31 heavy (non-hydrogen) atoms. The van der Waals surface area contributed by atoms with E-state index in [1.165, 1.54) is 4.57 Å². The lowest BCUT2D eigenvalue weighted by atomic mass is 10.1. The van der Waals surface area contributed by atoms with E-state index in [0.29, 0.717) is 17.6 Å². The van der Waals surface area contributed by atoms with E-state index in [2.05, 4.69) is 15.6 Å². The molecule has 3 aromatic rings. The summed E-state index contributed by atoms with van der Waals surface area (Å²) in [5, 5.41) is 5.70. The number of para-hydroxylation sites is 2. The highest BCUT2D eigenvalue weighted by molar-refractivity contribution is 5.92. The molecular weight excluding hydrogens is 392 g/mol. The predicted octanol–water partition coefficient (Wildman–Crippen LogP) is 3.11. The zero-order chi connectivity index (χ0) is 22.4. The number of hydrogen-bond acceptors (Lipinski definition) is 4. The zero-order valence-corrected chi connectivity index (χ0v) is 18.2. The molecule has 0 radical (unpaired) electrons. The van der Waals surface area contributed by atoms with Crippen LogP contribution < -0.4 is 16.2 Å². The summed E-state index contributed by atoms with van der Waals surface area (Å²) in [5.74, 6) is -0.408. The molecule has 2 aromatic carbocycles. The number of rotatable bonds is 8. The van der Waals surface area contributed by atoms with Crippen molar-refractivity contribution in [2.24, 2.45) is 0 Å². The number of carbonyl (C=O) groups is 2. The van der Waals surface area contributed by atoms with Crippen LogP contribution in [0.1, 0.15) is 36.6 Å². The van der Waals surface area contributed by atoms with Crippen LogP contribution >= 0.6 is 0 Å². The molecule has 0 aliphatic carbocycles. The van der Waals surface area contributed by atoms with Crippen LogP contribution in [0.5, 0.6) is 0 Å². The first-order chi connectivity index (χ1) is 14.9. The van der Waals surface area contributed by atoms with Crippen LogP contribution in [0.2, 0.25) is 0 Å². The summed E-state index contributed by atoms with van der Waals surface area (Å²) in [4.78, 5) is 42.3. The van der Waals surface area contributed by atoms with Gasteiger partial charge in [-0.2, -0.15) is 0 Å². The Morgan fingerprint density at radius 2 is 1.84 bits per heavy atom. The highest BCUT2D eigenvalue weighted by Gasteiger charge is 2.15. The van der Waals surface area contributed by atoms with Crippen molar-refractivity contribution in [2.45, 2.75) is 46.6 Å². The molecule has 1 aromatic heterocycles. The molecule has 0 saturated carbocycles. The van der Waals surface area contributed by atoms with E-state index in [-0.39, 0.29) is 42.5 Å². The Morgan fingerprint density at radius 1 is 1.06 bits per heavy atom. The van der Waals surface area contributed by atoms with Gasteiger partial charge in [-0.25, -0.2) is 4.98 Å². The van der Waals surface area contributed by atoms with Crippen LogP contribution in [0.15, 0.2) is 47.3 Å². The summed E-state index contributed by atoms with van der Waals surface area (Å²) >= 11 is 0. The van der Waals surface area contributed by atoms with Gasteiger partial charge in [0, 0.05) is 25.1 Å². The standard InChI is InChI=1S/C24H28N4O3/c1-4-13-25-22(29)12-11-19-24(31)28(21-8-6-5-7-18(21)26-19)15-23(30)27-20-14-16(2)9-10-17(20)3/h5-10,14H,4,11-13,15H2,1-3H3,(H,25,29)(H,27,30). The molecule has 2 amide bonds. The average Bonchev–Trinajstić information content (AvgIpc) is 2.75. The third-order valence-corrected chi connectivity index (χ3v) is 5.05. The lowest BCUT2D eigenvalue weighted by Gasteiger charge is -2.14. The fraction of sp³-hybridized carbons (Fsp3) is 0.333. The van der Waals surface area contributed by atoms with Gasteiger partial charge in [0.05, 0.1) is 11.0 Å². The second-order valence-corrected chi connectivity index (χ2v) is 7.66. The smallest absolute Gasteiger partial charge is 0.273 e. The fourth-order valence-corrected chi connectivity index (χ4v) is 3.35. The number of fused-ring (bicyclic) bond motifs is 1. The molecule has 0 bridgehead atoms. The van der Waals surface area contributed by atoms with E-state index in [1.54, 1.807) is 18.2 Å². The highest BCUT2D eigenvalue weighted by atomic mass is 16.2. The molecule has 0 atom stereocenters. The molecule has 0 unspecified atom stereocenters. The van der Waals surface area contributed by atoms with Crippen LogP contribution in [-0.4, -0.2) is 27.9 Å². The number of nitrogens with zero attached hydrogens (tertiary/aromatic N) is 2. The molecule has 162 valence electrons. The Kier molecular flexibility index (Phi) is 7.18. The third kappa shape index (κ3) is 5.57. The normalized spacial score (nSPS) is 10.8. The first-order valence-electron chi connectivity index (χ1n) is 10.5. The Bertz CT molecular complexity index is 1170. The molecule has 7 heteroatoms. The van der Waals surface area contributed by atoms with Gasteiger partial charge in [0.2, 0.25) is 11.8 Å². The molecule has 0 aliphatic rings. The number of amides is 2. The SMILES string of the molecule is CCCNC(=O)CCc1nc2ccccc2n(CC(=O)Nc2cc(C)ccc2C)c1=O. The van der Waals surface area contributed by atoms with Crippen LogP contribution in [0, 0.1) is 13.8 Å². The van der Waals surface area contributed by atoms with Crippen molar-refractivity contribution in [1.29, 1.82) is 0 Å². The average molecular weight is 421 g/mol. The van der Waals surface area contributed by atoms with Crippen LogP contribution in [0.3, 0.4) is 0 Å². The summed E-state index contributed by atoms with van der Waals surface area (Å²) in [6.07, 6.45) is 1.25. The van der Waals surface area contributed by atoms with E-state index in [9.17, 15) is 14.4 Å². The minimum absolute atomic E-state index is 0.115. The van der Waals surface area contributed by atoms with Crippen molar-refractivity contribution in [1.82, 2.24) is 14.9 Å². The number of aromatic nitrogens is 2. The molecule has 1 heterocycles. The number of nitrogens with one attached hydrogen (secondary N) is 2. The maximum atomic E-state index is 13.1. The van der Waals surface area contributed by atoms with Gasteiger partial charge in [0.15, 0.2) is 0 Å². The Labute approximate surface area is 181 Å². The second-order valence-electron chi connectivity index (χ2n) is 7.66. The van der Waals surface area contributed by atoms with Crippen molar-refractivity contribution < 1.29 is 9.59 Å². The largest absolute Gasteiger partial charge is 0.356 e. The maximum Gasteiger partial charge on any atom is 0.273 e. The van der Waals surface area contributed by atoms with Gasteiger partial charge in [-0.05, 0) is 49.6 Å².